The van der Waals surface area contributed by atoms with Gasteiger partial charge in [0.1, 0.15) is 6.33 Å². The van der Waals surface area contributed by atoms with Gasteiger partial charge in [-0.05, 0) is 18.4 Å². The van der Waals surface area contributed by atoms with E-state index in [2.05, 4.69) is 9.97 Å². The minimum Gasteiger partial charge on any atom is -0.481 e. The van der Waals surface area contributed by atoms with Gasteiger partial charge in [0.15, 0.2) is 0 Å². The van der Waals surface area contributed by atoms with Gasteiger partial charge in [0.2, 0.25) is 0 Å². The first kappa shape index (κ1) is 11.0. The number of ether oxygens (including phenoxy) is 1. The van der Waals surface area contributed by atoms with E-state index in [1.807, 2.05) is 0 Å². The van der Waals surface area contributed by atoms with E-state index in [1.165, 1.54) is 6.33 Å². The number of aromatic nitrogens is 2. The summed E-state index contributed by atoms with van der Waals surface area (Å²) < 4.78 is 5.29. The van der Waals surface area contributed by atoms with Crippen molar-refractivity contribution in [3.05, 3.63) is 24.3 Å². The lowest BCUT2D eigenvalue weighted by atomic mass is 9.73. The van der Waals surface area contributed by atoms with Gasteiger partial charge in [-0.2, -0.15) is 0 Å². The molecule has 0 aromatic carbocycles. The zero-order valence-corrected chi connectivity index (χ0v) is 8.93. The van der Waals surface area contributed by atoms with Crippen molar-refractivity contribution >= 4 is 5.97 Å². The van der Waals surface area contributed by atoms with Gasteiger partial charge < -0.3 is 9.84 Å². The summed E-state index contributed by atoms with van der Waals surface area (Å²) in [6, 6.07) is 0. The number of carboxylic acid groups (broad SMARTS) is 1. The van der Waals surface area contributed by atoms with Gasteiger partial charge in [0.25, 0.3) is 0 Å². The third-order valence-corrected chi connectivity index (χ3v) is 3.11. The standard InChI is InChI=1S/C11H14N2O3/c14-10(15)5-11(1-3-16-4-2-11)9-6-12-8-13-7-9/h6-8H,1-5H2,(H,14,15). The van der Waals surface area contributed by atoms with E-state index < -0.39 is 5.97 Å². The molecular weight excluding hydrogens is 208 g/mol. The maximum atomic E-state index is 11.0. The maximum Gasteiger partial charge on any atom is 0.304 e. The maximum absolute atomic E-state index is 11.0. The summed E-state index contributed by atoms with van der Waals surface area (Å²) in [7, 11) is 0. The highest BCUT2D eigenvalue weighted by Gasteiger charge is 2.37. The van der Waals surface area contributed by atoms with Crippen LogP contribution in [0.1, 0.15) is 24.8 Å². The first-order chi connectivity index (χ1) is 7.73. The van der Waals surface area contributed by atoms with Crippen LogP contribution in [0.15, 0.2) is 18.7 Å². The average molecular weight is 222 g/mol. The van der Waals surface area contributed by atoms with Crippen molar-refractivity contribution in [2.45, 2.75) is 24.7 Å². The van der Waals surface area contributed by atoms with Crippen molar-refractivity contribution in [2.75, 3.05) is 13.2 Å². The van der Waals surface area contributed by atoms with Crippen LogP contribution in [0.5, 0.6) is 0 Å². The molecule has 1 N–H and O–H groups in total. The quantitative estimate of drug-likeness (QED) is 0.826. The lowest BCUT2D eigenvalue weighted by Gasteiger charge is -2.35. The molecule has 0 radical (unpaired) electrons. The fourth-order valence-electron chi connectivity index (χ4n) is 2.19. The fraction of sp³-hybridized carbons (Fsp3) is 0.545. The largest absolute Gasteiger partial charge is 0.481 e. The Morgan fingerprint density at radius 3 is 2.56 bits per heavy atom. The molecule has 0 amide bonds. The second-order valence-electron chi connectivity index (χ2n) is 4.09. The summed E-state index contributed by atoms with van der Waals surface area (Å²) in [6.07, 6.45) is 6.42. The summed E-state index contributed by atoms with van der Waals surface area (Å²) in [4.78, 5) is 18.9. The van der Waals surface area contributed by atoms with E-state index in [1.54, 1.807) is 12.4 Å². The van der Waals surface area contributed by atoms with E-state index >= 15 is 0 Å². The van der Waals surface area contributed by atoms with E-state index in [0.717, 1.165) is 5.56 Å². The molecule has 0 bridgehead atoms. The number of hydrogen-bond acceptors (Lipinski definition) is 4. The Kier molecular flexibility index (Phi) is 3.14. The van der Waals surface area contributed by atoms with Gasteiger partial charge in [-0.15, -0.1) is 0 Å². The second-order valence-corrected chi connectivity index (χ2v) is 4.09. The summed E-state index contributed by atoms with van der Waals surface area (Å²) in [6.45, 7) is 1.20. The van der Waals surface area contributed by atoms with Gasteiger partial charge in [0, 0.05) is 31.0 Å². The number of aliphatic carboxylic acids is 1. The minimum absolute atomic E-state index is 0.115. The molecule has 0 spiro atoms. The van der Waals surface area contributed by atoms with Crippen LogP contribution in [-0.2, 0) is 14.9 Å². The third kappa shape index (κ3) is 2.19. The molecule has 0 saturated carbocycles. The number of carbonyl (C=O) groups is 1. The first-order valence-corrected chi connectivity index (χ1v) is 5.28. The van der Waals surface area contributed by atoms with Crippen LogP contribution in [0.3, 0.4) is 0 Å². The molecule has 5 heteroatoms. The third-order valence-electron chi connectivity index (χ3n) is 3.11. The number of carboxylic acids is 1. The highest BCUT2D eigenvalue weighted by Crippen LogP contribution is 2.37. The van der Waals surface area contributed by atoms with Crippen molar-refractivity contribution < 1.29 is 14.6 Å². The molecule has 0 unspecified atom stereocenters. The molecule has 1 aliphatic rings. The van der Waals surface area contributed by atoms with E-state index in [-0.39, 0.29) is 11.8 Å². The van der Waals surface area contributed by atoms with E-state index in [9.17, 15) is 4.79 Å². The summed E-state index contributed by atoms with van der Waals surface area (Å²) >= 11 is 0. The van der Waals surface area contributed by atoms with Gasteiger partial charge in [0.05, 0.1) is 6.42 Å². The summed E-state index contributed by atoms with van der Waals surface area (Å²) in [5.74, 6) is -0.786. The second kappa shape index (κ2) is 4.57. The molecule has 1 aromatic heterocycles. The summed E-state index contributed by atoms with van der Waals surface area (Å²) in [5, 5.41) is 9.01. The molecule has 1 saturated heterocycles. The Morgan fingerprint density at radius 1 is 1.38 bits per heavy atom. The van der Waals surface area contributed by atoms with E-state index in [4.69, 9.17) is 9.84 Å². The van der Waals surface area contributed by atoms with Crippen LogP contribution in [0.2, 0.25) is 0 Å². The number of hydrogen-bond donors (Lipinski definition) is 1. The Labute approximate surface area is 93.5 Å². The molecule has 86 valence electrons. The molecule has 16 heavy (non-hydrogen) atoms. The molecule has 1 aromatic rings. The van der Waals surface area contributed by atoms with Crippen molar-refractivity contribution in [3.8, 4) is 0 Å². The van der Waals surface area contributed by atoms with Crippen LogP contribution in [0.25, 0.3) is 0 Å². The van der Waals surface area contributed by atoms with Gasteiger partial charge in [-0.3, -0.25) is 4.79 Å². The van der Waals surface area contributed by atoms with Gasteiger partial charge in [-0.1, -0.05) is 0 Å². The molecule has 0 aliphatic carbocycles. The van der Waals surface area contributed by atoms with E-state index in [0.29, 0.717) is 26.1 Å². The molecule has 2 rings (SSSR count). The lowest BCUT2D eigenvalue weighted by molar-refractivity contribution is -0.139. The Hall–Kier alpha value is -1.49. The van der Waals surface area contributed by atoms with Crippen molar-refractivity contribution in [1.82, 2.24) is 9.97 Å². The van der Waals surface area contributed by atoms with Crippen LogP contribution in [-0.4, -0.2) is 34.3 Å². The Morgan fingerprint density at radius 2 is 2.00 bits per heavy atom. The molecule has 5 nitrogen and oxygen atoms in total. The topological polar surface area (TPSA) is 72.3 Å². The van der Waals surface area contributed by atoms with Gasteiger partial charge >= 0.3 is 5.97 Å². The van der Waals surface area contributed by atoms with Crippen LogP contribution < -0.4 is 0 Å². The average Bonchev–Trinajstić information content (AvgIpc) is 2.30. The van der Waals surface area contributed by atoms with Crippen LogP contribution >= 0.6 is 0 Å². The normalized spacial score (nSPS) is 19.2. The van der Waals surface area contributed by atoms with Crippen molar-refractivity contribution in [2.24, 2.45) is 0 Å². The Bertz CT molecular complexity index is 361. The molecule has 1 aliphatic heterocycles. The smallest absolute Gasteiger partial charge is 0.304 e. The fourth-order valence-corrected chi connectivity index (χ4v) is 2.19. The minimum atomic E-state index is -0.786. The molecular formula is C11H14N2O3. The predicted octanol–water partition coefficient (Wildman–Crippen LogP) is 1.000. The molecule has 1 fully saturated rings. The summed E-state index contributed by atoms with van der Waals surface area (Å²) in [5.41, 5.74) is 0.548. The van der Waals surface area contributed by atoms with Crippen LogP contribution in [0.4, 0.5) is 0 Å². The zero-order chi connectivity index (χ0) is 11.4. The van der Waals surface area contributed by atoms with Crippen molar-refractivity contribution in [3.63, 3.8) is 0 Å². The highest BCUT2D eigenvalue weighted by molar-refractivity contribution is 5.69. The highest BCUT2D eigenvalue weighted by atomic mass is 16.5. The van der Waals surface area contributed by atoms with Crippen molar-refractivity contribution in [1.29, 1.82) is 0 Å². The number of nitrogens with zero attached hydrogens (tertiary/aromatic N) is 2. The zero-order valence-electron chi connectivity index (χ0n) is 8.93. The number of rotatable bonds is 3. The predicted molar refractivity (Wildman–Crippen MR) is 56.0 cm³/mol. The van der Waals surface area contributed by atoms with Crippen LogP contribution in [0, 0.1) is 0 Å². The first-order valence-electron chi connectivity index (χ1n) is 5.28. The lowest BCUT2D eigenvalue weighted by Crippen LogP contribution is -2.36. The molecule has 2 heterocycles. The SMILES string of the molecule is O=C(O)CC1(c2cncnc2)CCOCC1. The monoisotopic (exact) mass is 222 g/mol. The van der Waals surface area contributed by atoms with Gasteiger partial charge in [-0.25, -0.2) is 9.97 Å². The molecule has 0 atom stereocenters. The Balaban J connectivity index is 2.29.